The summed E-state index contributed by atoms with van der Waals surface area (Å²) in [6.07, 6.45) is 1.31. The van der Waals surface area contributed by atoms with Gasteiger partial charge in [-0.15, -0.1) is 11.3 Å². The second-order valence-electron chi connectivity index (χ2n) is 4.76. The predicted octanol–water partition coefficient (Wildman–Crippen LogP) is 2.55. The lowest BCUT2D eigenvalue weighted by Gasteiger charge is -2.28. The van der Waals surface area contributed by atoms with E-state index in [-0.39, 0.29) is 12.5 Å². The van der Waals surface area contributed by atoms with E-state index in [0.29, 0.717) is 23.4 Å². The van der Waals surface area contributed by atoms with E-state index in [2.05, 4.69) is 5.32 Å². The number of ether oxygens (including phenoxy) is 1. The quantitative estimate of drug-likeness (QED) is 0.791. The number of esters is 1. The molecule has 0 radical (unpaired) electrons. The Hall–Kier alpha value is -1.40. The highest BCUT2D eigenvalue weighted by molar-refractivity contribution is 7.12. The van der Waals surface area contributed by atoms with E-state index in [1.54, 1.807) is 0 Å². The molecule has 112 valence electrons. The standard InChI is InChI=1S/C14H22N2O3S/c1-5-14(6-2,8-15)13(18)16-10-9(3)7-20-11(10)12(17)19-4/h7H,5-6,8,15H2,1-4H3,(H,16,18). The van der Waals surface area contributed by atoms with Gasteiger partial charge < -0.3 is 15.8 Å². The molecule has 0 saturated heterocycles. The minimum atomic E-state index is -0.595. The van der Waals surface area contributed by atoms with Crippen LogP contribution < -0.4 is 11.1 Å². The van der Waals surface area contributed by atoms with Crippen molar-refractivity contribution in [3.05, 3.63) is 15.8 Å². The van der Waals surface area contributed by atoms with Gasteiger partial charge in [-0.3, -0.25) is 4.79 Å². The summed E-state index contributed by atoms with van der Waals surface area (Å²) in [6, 6.07) is 0. The van der Waals surface area contributed by atoms with Crippen molar-refractivity contribution < 1.29 is 14.3 Å². The average molecular weight is 298 g/mol. The van der Waals surface area contributed by atoms with Crippen molar-refractivity contribution >= 4 is 28.9 Å². The van der Waals surface area contributed by atoms with Crippen LogP contribution in [0.5, 0.6) is 0 Å². The van der Waals surface area contributed by atoms with Crippen LogP contribution in [0, 0.1) is 12.3 Å². The summed E-state index contributed by atoms with van der Waals surface area (Å²) in [5, 5.41) is 4.68. The van der Waals surface area contributed by atoms with Gasteiger partial charge in [0, 0.05) is 6.54 Å². The largest absolute Gasteiger partial charge is 0.465 e. The molecule has 0 fully saturated rings. The molecule has 1 aromatic rings. The number of nitrogens with two attached hydrogens (primary N) is 1. The molecule has 6 heteroatoms. The zero-order chi connectivity index (χ0) is 15.3. The number of hydrogen-bond donors (Lipinski definition) is 2. The fraction of sp³-hybridized carbons (Fsp3) is 0.571. The SMILES string of the molecule is CCC(CC)(CN)C(=O)Nc1c(C)csc1C(=O)OC. The van der Waals surface area contributed by atoms with Crippen LogP contribution in [-0.2, 0) is 9.53 Å². The Bertz CT molecular complexity index is 484. The first-order valence-electron chi connectivity index (χ1n) is 6.63. The highest BCUT2D eigenvalue weighted by Gasteiger charge is 2.34. The third-order valence-electron chi connectivity index (χ3n) is 3.81. The molecule has 0 aromatic carbocycles. The van der Waals surface area contributed by atoms with Gasteiger partial charge in [-0.2, -0.15) is 0 Å². The number of carbonyl (C=O) groups is 2. The topological polar surface area (TPSA) is 81.4 Å². The lowest BCUT2D eigenvalue weighted by atomic mass is 9.81. The van der Waals surface area contributed by atoms with Crippen LogP contribution in [0.15, 0.2) is 5.38 Å². The third kappa shape index (κ3) is 3.02. The van der Waals surface area contributed by atoms with Crippen molar-refractivity contribution in [2.45, 2.75) is 33.6 Å². The van der Waals surface area contributed by atoms with Gasteiger partial charge in [-0.05, 0) is 30.7 Å². The molecule has 0 aliphatic rings. The Morgan fingerprint density at radius 1 is 1.40 bits per heavy atom. The van der Waals surface area contributed by atoms with Crippen molar-refractivity contribution in [3.8, 4) is 0 Å². The number of hydrogen-bond acceptors (Lipinski definition) is 5. The number of carbonyl (C=O) groups excluding carboxylic acids is 2. The van der Waals surface area contributed by atoms with E-state index in [9.17, 15) is 9.59 Å². The molecule has 1 rings (SSSR count). The molecule has 1 aromatic heterocycles. The van der Waals surface area contributed by atoms with E-state index >= 15 is 0 Å². The smallest absolute Gasteiger partial charge is 0.350 e. The van der Waals surface area contributed by atoms with Crippen LogP contribution in [0.4, 0.5) is 5.69 Å². The number of nitrogens with one attached hydrogen (secondary N) is 1. The molecule has 0 atom stereocenters. The lowest BCUT2D eigenvalue weighted by molar-refractivity contribution is -0.125. The highest BCUT2D eigenvalue weighted by Crippen LogP contribution is 2.32. The minimum absolute atomic E-state index is 0.142. The molecule has 1 amide bonds. The van der Waals surface area contributed by atoms with Gasteiger partial charge in [0.2, 0.25) is 5.91 Å². The molecule has 0 saturated carbocycles. The van der Waals surface area contributed by atoms with E-state index in [1.165, 1.54) is 18.4 Å². The molecule has 1 heterocycles. The number of aryl methyl sites for hydroxylation is 1. The fourth-order valence-electron chi connectivity index (χ4n) is 2.04. The molecule has 0 unspecified atom stereocenters. The van der Waals surface area contributed by atoms with Gasteiger partial charge in [0.05, 0.1) is 18.2 Å². The van der Waals surface area contributed by atoms with Gasteiger partial charge in [0.1, 0.15) is 4.88 Å². The number of rotatable bonds is 6. The van der Waals surface area contributed by atoms with Crippen molar-refractivity contribution in [1.82, 2.24) is 0 Å². The molecule has 3 N–H and O–H groups in total. The van der Waals surface area contributed by atoms with Crippen LogP contribution in [0.2, 0.25) is 0 Å². The molecule has 0 aliphatic heterocycles. The minimum Gasteiger partial charge on any atom is -0.465 e. The first-order valence-corrected chi connectivity index (χ1v) is 7.51. The Balaban J connectivity index is 3.07. The zero-order valence-electron chi connectivity index (χ0n) is 12.4. The van der Waals surface area contributed by atoms with Gasteiger partial charge in [-0.25, -0.2) is 4.79 Å². The van der Waals surface area contributed by atoms with Gasteiger partial charge in [0.15, 0.2) is 0 Å². The normalized spacial score (nSPS) is 11.2. The maximum Gasteiger partial charge on any atom is 0.350 e. The molecule has 0 aliphatic carbocycles. The number of anilines is 1. The van der Waals surface area contributed by atoms with E-state index in [1.807, 2.05) is 26.2 Å². The van der Waals surface area contributed by atoms with Crippen molar-refractivity contribution in [2.24, 2.45) is 11.1 Å². The summed E-state index contributed by atoms with van der Waals surface area (Å²) in [5.74, 6) is -0.582. The van der Waals surface area contributed by atoms with Gasteiger partial charge >= 0.3 is 5.97 Å². The molecule has 5 nitrogen and oxygen atoms in total. The van der Waals surface area contributed by atoms with Gasteiger partial charge in [-0.1, -0.05) is 13.8 Å². The molecule has 0 bridgehead atoms. The summed E-state index contributed by atoms with van der Waals surface area (Å²) in [7, 11) is 1.32. The number of thiophene rings is 1. The number of methoxy groups -OCH3 is 1. The van der Waals surface area contributed by atoms with Gasteiger partial charge in [0.25, 0.3) is 0 Å². The summed E-state index contributed by atoms with van der Waals surface area (Å²) in [4.78, 5) is 24.6. The zero-order valence-corrected chi connectivity index (χ0v) is 13.2. The number of amides is 1. The molecular formula is C14H22N2O3S. The molecule has 0 spiro atoms. The first kappa shape index (κ1) is 16.7. The Kier molecular flexibility index (Phi) is 5.71. The Morgan fingerprint density at radius 2 is 2.00 bits per heavy atom. The average Bonchev–Trinajstić information content (AvgIpc) is 2.82. The van der Waals surface area contributed by atoms with E-state index in [0.717, 1.165) is 5.56 Å². The second kappa shape index (κ2) is 6.85. The molecular weight excluding hydrogens is 276 g/mol. The maximum atomic E-state index is 12.5. The van der Waals surface area contributed by atoms with Crippen LogP contribution in [0.25, 0.3) is 0 Å². The lowest BCUT2D eigenvalue weighted by Crippen LogP contribution is -2.41. The predicted molar refractivity (Wildman–Crippen MR) is 81.1 cm³/mol. The first-order chi connectivity index (χ1) is 9.45. The van der Waals surface area contributed by atoms with Crippen LogP contribution in [0.3, 0.4) is 0 Å². The summed E-state index contributed by atoms with van der Waals surface area (Å²) in [5.41, 5.74) is 6.56. The Morgan fingerprint density at radius 3 is 2.45 bits per heavy atom. The van der Waals surface area contributed by atoms with Crippen LogP contribution in [-0.4, -0.2) is 25.5 Å². The monoisotopic (exact) mass is 298 g/mol. The van der Waals surface area contributed by atoms with Crippen molar-refractivity contribution in [1.29, 1.82) is 0 Å². The summed E-state index contributed by atoms with van der Waals surface area (Å²) in [6.45, 7) is 6.01. The Labute approximate surface area is 123 Å². The second-order valence-corrected chi connectivity index (χ2v) is 5.64. The maximum absolute atomic E-state index is 12.5. The molecule has 20 heavy (non-hydrogen) atoms. The fourth-order valence-corrected chi connectivity index (χ4v) is 2.96. The van der Waals surface area contributed by atoms with Crippen LogP contribution >= 0.6 is 11.3 Å². The van der Waals surface area contributed by atoms with E-state index < -0.39 is 11.4 Å². The summed E-state index contributed by atoms with van der Waals surface area (Å²) >= 11 is 1.26. The summed E-state index contributed by atoms with van der Waals surface area (Å²) < 4.78 is 4.73. The van der Waals surface area contributed by atoms with E-state index in [4.69, 9.17) is 10.5 Å². The highest BCUT2D eigenvalue weighted by atomic mass is 32.1. The van der Waals surface area contributed by atoms with Crippen LogP contribution in [0.1, 0.15) is 41.9 Å². The third-order valence-corrected chi connectivity index (χ3v) is 4.89. The van der Waals surface area contributed by atoms with Crippen molar-refractivity contribution in [2.75, 3.05) is 19.0 Å². The van der Waals surface area contributed by atoms with Crippen molar-refractivity contribution in [3.63, 3.8) is 0 Å².